The van der Waals surface area contributed by atoms with Gasteiger partial charge in [-0.15, -0.1) is 23.7 Å². The number of nitrogens with two attached hydrogens (primary N) is 1. The molecular weight excluding hydrogens is 386 g/mol. The fourth-order valence-corrected chi connectivity index (χ4v) is 3.87. The van der Waals surface area contributed by atoms with Crippen LogP contribution >= 0.6 is 23.7 Å². The average molecular weight is 412 g/mol. The number of halogens is 1. The Hall–Kier alpha value is -1.83. The molecule has 1 amide bonds. The minimum Gasteiger partial charge on any atom is -0.490 e. The lowest BCUT2D eigenvalue weighted by molar-refractivity contribution is 0.0729. The van der Waals surface area contributed by atoms with E-state index in [0.29, 0.717) is 45.0 Å². The van der Waals surface area contributed by atoms with Gasteiger partial charge in [0.05, 0.1) is 18.2 Å². The SMILES string of the molecule is CCOc1cc2c(cc1OCC)CN(C(=O)c1csc(CCN)n1)CC2.Cl. The Morgan fingerprint density at radius 1 is 1.22 bits per heavy atom. The quantitative estimate of drug-likeness (QED) is 0.757. The number of hydrogen-bond donors (Lipinski definition) is 1. The molecule has 2 N–H and O–H groups in total. The molecule has 0 radical (unpaired) electrons. The molecular formula is C19H26ClN3O3S. The minimum absolute atomic E-state index is 0. The second-order valence-electron chi connectivity index (χ2n) is 6.08. The van der Waals surface area contributed by atoms with Crippen LogP contribution in [0.2, 0.25) is 0 Å². The first kappa shape index (κ1) is 21.5. The molecule has 0 atom stereocenters. The van der Waals surface area contributed by atoms with E-state index in [0.717, 1.165) is 28.5 Å². The predicted molar refractivity (Wildman–Crippen MR) is 109 cm³/mol. The van der Waals surface area contributed by atoms with Crippen molar-refractivity contribution in [3.05, 3.63) is 39.3 Å². The average Bonchev–Trinajstić information content (AvgIpc) is 3.10. The molecule has 6 nitrogen and oxygen atoms in total. The highest BCUT2D eigenvalue weighted by Gasteiger charge is 2.25. The maximum Gasteiger partial charge on any atom is 0.273 e. The van der Waals surface area contributed by atoms with Crippen molar-refractivity contribution in [2.75, 3.05) is 26.3 Å². The topological polar surface area (TPSA) is 77.7 Å². The molecule has 0 unspecified atom stereocenters. The number of hydrogen-bond acceptors (Lipinski definition) is 6. The van der Waals surface area contributed by atoms with Crippen LogP contribution in [0.5, 0.6) is 11.5 Å². The Bertz CT molecular complexity index is 782. The molecule has 1 aliphatic rings. The molecule has 1 aliphatic heterocycles. The maximum atomic E-state index is 12.8. The van der Waals surface area contributed by atoms with E-state index in [-0.39, 0.29) is 18.3 Å². The van der Waals surface area contributed by atoms with Gasteiger partial charge in [0.2, 0.25) is 0 Å². The molecule has 8 heteroatoms. The van der Waals surface area contributed by atoms with Gasteiger partial charge in [-0.2, -0.15) is 0 Å². The van der Waals surface area contributed by atoms with Gasteiger partial charge in [0, 0.05) is 24.9 Å². The molecule has 148 valence electrons. The van der Waals surface area contributed by atoms with Gasteiger partial charge in [-0.3, -0.25) is 4.79 Å². The van der Waals surface area contributed by atoms with Crippen LogP contribution in [0.1, 0.15) is 40.5 Å². The van der Waals surface area contributed by atoms with Crippen molar-refractivity contribution in [3.63, 3.8) is 0 Å². The third-order valence-corrected chi connectivity index (χ3v) is 5.20. The molecule has 0 bridgehead atoms. The summed E-state index contributed by atoms with van der Waals surface area (Å²) in [5, 5.41) is 2.74. The van der Waals surface area contributed by atoms with Crippen LogP contribution in [-0.2, 0) is 19.4 Å². The van der Waals surface area contributed by atoms with Crippen molar-refractivity contribution < 1.29 is 14.3 Å². The van der Waals surface area contributed by atoms with Gasteiger partial charge in [0.25, 0.3) is 5.91 Å². The first-order chi connectivity index (χ1) is 12.7. The molecule has 0 aliphatic carbocycles. The summed E-state index contributed by atoms with van der Waals surface area (Å²) in [4.78, 5) is 19.1. The Morgan fingerprint density at radius 2 is 1.89 bits per heavy atom. The number of aromatic nitrogens is 1. The largest absolute Gasteiger partial charge is 0.490 e. The summed E-state index contributed by atoms with van der Waals surface area (Å²) in [6.45, 7) is 6.86. The Labute approximate surface area is 170 Å². The van der Waals surface area contributed by atoms with Gasteiger partial charge >= 0.3 is 0 Å². The van der Waals surface area contributed by atoms with Crippen molar-refractivity contribution in [2.24, 2.45) is 5.73 Å². The molecule has 0 saturated carbocycles. The van der Waals surface area contributed by atoms with Crippen LogP contribution in [0.25, 0.3) is 0 Å². The normalized spacial score (nSPS) is 12.9. The molecule has 2 heterocycles. The number of nitrogens with zero attached hydrogens (tertiary/aromatic N) is 2. The van der Waals surface area contributed by atoms with E-state index < -0.39 is 0 Å². The van der Waals surface area contributed by atoms with Crippen LogP contribution in [0, 0.1) is 0 Å². The van der Waals surface area contributed by atoms with E-state index in [9.17, 15) is 4.79 Å². The molecule has 1 aromatic heterocycles. The monoisotopic (exact) mass is 411 g/mol. The maximum absolute atomic E-state index is 12.8. The van der Waals surface area contributed by atoms with Gasteiger partial charge < -0.3 is 20.1 Å². The van der Waals surface area contributed by atoms with E-state index in [1.807, 2.05) is 36.3 Å². The molecule has 1 aromatic carbocycles. The zero-order valence-electron chi connectivity index (χ0n) is 15.7. The first-order valence-corrected chi connectivity index (χ1v) is 9.89. The molecule has 0 fully saturated rings. The lowest BCUT2D eigenvalue weighted by atomic mass is 9.98. The number of fused-ring (bicyclic) bond motifs is 1. The van der Waals surface area contributed by atoms with Gasteiger partial charge in [-0.1, -0.05) is 0 Å². The number of carbonyl (C=O) groups excluding carboxylic acids is 1. The highest BCUT2D eigenvalue weighted by atomic mass is 35.5. The van der Waals surface area contributed by atoms with Crippen LogP contribution in [-0.4, -0.2) is 42.1 Å². The first-order valence-electron chi connectivity index (χ1n) is 9.01. The van der Waals surface area contributed by atoms with E-state index >= 15 is 0 Å². The van der Waals surface area contributed by atoms with Crippen LogP contribution < -0.4 is 15.2 Å². The molecule has 3 rings (SSSR count). The molecule has 27 heavy (non-hydrogen) atoms. The second-order valence-corrected chi connectivity index (χ2v) is 7.02. The zero-order chi connectivity index (χ0) is 18.5. The summed E-state index contributed by atoms with van der Waals surface area (Å²) in [6, 6.07) is 4.05. The Morgan fingerprint density at radius 3 is 2.52 bits per heavy atom. The van der Waals surface area contributed by atoms with E-state index in [2.05, 4.69) is 4.98 Å². The summed E-state index contributed by atoms with van der Waals surface area (Å²) in [5.74, 6) is 1.49. The van der Waals surface area contributed by atoms with Crippen LogP contribution in [0.3, 0.4) is 0 Å². The molecule has 0 spiro atoms. The Kier molecular flexibility index (Phi) is 7.89. The zero-order valence-corrected chi connectivity index (χ0v) is 17.3. The summed E-state index contributed by atoms with van der Waals surface area (Å²) < 4.78 is 11.4. The van der Waals surface area contributed by atoms with Crippen LogP contribution in [0.4, 0.5) is 0 Å². The number of carbonyl (C=O) groups is 1. The number of amides is 1. The fraction of sp³-hybridized carbons (Fsp3) is 0.474. The van der Waals surface area contributed by atoms with E-state index in [4.69, 9.17) is 15.2 Å². The smallest absolute Gasteiger partial charge is 0.273 e. The predicted octanol–water partition coefficient (Wildman–Crippen LogP) is 3.06. The van der Waals surface area contributed by atoms with E-state index in [1.54, 1.807) is 0 Å². The second kappa shape index (κ2) is 9.92. The summed E-state index contributed by atoms with van der Waals surface area (Å²) in [5.41, 5.74) is 8.39. The van der Waals surface area contributed by atoms with Crippen molar-refractivity contribution in [2.45, 2.75) is 33.2 Å². The number of rotatable bonds is 7. The van der Waals surface area contributed by atoms with Gasteiger partial charge in [-0.25, -0.2) is 4.98 Å². The van der Waals surface area contributed by atoms with Gasteiger partial charge in [0.15, 0.2) is 11.5 Å². The summed E-state index contributed by atoms with van der Waals surface area (Å²) in [7, 11) is 0. The van der Waals surface area contributed by atoms with E-state index in [1.165, 1.54) is 16.9 Å². The summed E-state index contributed by atoms with van der Waals surface area (Å²) in [6.07, 6.45) is 1.51. The van der Waals surface area contributed by atoms with Gasteiger partial charge in [-0.05, 0) is 50.1 Å². The van der Waals surface area contributed by atoms with Crippen LogP contribution in [0.15, 0.2) is 17.5 Å². The fourth-order valence-electron chi connectivity index (χ4n) is 3.08. The highest BCUT2D eigenvalue weighted by molar-refractivity contribution is 7.09. The van der Waals surface area contributed by atoms with Crippen molar-refractivity contribution in [3.8, 4) is 11.5 Å². The highest BCUT2D eigenvalue weighted by Crippen LogP contribution is 2.34. The third kappa shape index (κ3) is 4.91. The standard InChI is InChI=1S/C19H25N3O3S.ClH/c1-3-24-16-9-13-6-8-22(11-14(13)10-17(16)25-4-2)19(23)15-12-26-18(21-15)5-7-20;/h9-10,12H,3-8,11,20H2,1-2H3;1H. The lowest BCUT2D eigenvalue weighted by Crippen LogP contribution is -2.36. The van der Waals surface area contributed by atoms with Crippen molar-refractivity contribution in [1.29, 1.82) is 0 Å². The van der Waals surface area contributed by atoms with Crippen molar-refractivity contribution >= 4 is 29.7 Å². The van der Waals surface area contributed by atoms with Gasteiger partial charge in [0.1, 0.15) is 5.69 Å². The number of benzene rings is 1. The summed E-state index contributed by atoms with van der Waals surface area (Å²) >= 11 is 1.49. The molecule has 0 saturated heterocycles. The molecule has 2 aromatic rings. The lowest BCUT2D eigenvalue weighted by Gasteiger charge is -2.29. The van der Waals surface area contributed by atoms with Crippen molar-refractivity contribution in [1.82, 2.24) is 9.88 Å². The number of thiazole rings is 1. The minimum atomic E-state index is -0.0259. The third-order valence-electron chi connectivity index (χ3n) is 4.29. The Balaban J connectivity index is 0.00000261. The number of ether oxygens (including phenoxy) is 2.